The van der Waals surface area contributed by atoms with Crippen LogP contribution in [0.4, 0.5) is 23.0 Å². The van der Waals surface area contributed by atoms with Gasteiger partial charge in [-0.15, -0.1) is 0 Å². The zero-order valence-corrected chi connectivity index (χ0v) is 15.9. The molecule has 144 valence electrons. The van der Waals surface area contributed by atoms with E-state index in [2.05, 4.69) is 39.2 Å². The lowest BCUT2D eigenvalue weighted by Gasteiger charge is -2.32. The molecule has 0 bridgehead atoms. The second-order valence-corrected chi connectivity index (χ2v) is 6.65. The van der Waals surface area contributed by atoms with E-state index in [9.17, 15) is 4.79 Å². The Hall–Kier alpha value is -2.83. The number of benzene rings is 1. The number of carbonyl (C=O) groups excluding carboxylic acids is 1. The minimum Gasteiger partial charge on any atom is -0.466 e. The Bertz CT molecular complexity index is 770. The zero-order valence-electron chi connectivity index (χ0n) is 15.9. The highest BCUT2D eigenvalue weighted by Gasteiger charge is 2.27. The van der Waals surface area contributed by atoms with Gasteiger partial charge in [-0.05, 0) is 43.9 Å². The molecule has 1 aliphatic rings. The lowest BCUT2D eigenvalue weighted by Crippen LogP contribution is -2.37. The average molecular weight is 369 g/mol. The second kappa shape index (κ2) is 8.70. The van der Waals surface area contributed by atoms with E-state index >= 15 is 0 Å². The van der Waals surface area contributed by atoms with Gasteiger partial charge in [0.1, 0.15) is 12.0 Å². The van der Waals surface area contributed by atoms with Crippen molar-refractivity contribution in [3.05, 3.63) is 36.2 Å². The standard InChI is InChI=1S/C20H27N5O2/c1-3-14-5-7-16(8-6-14)24-18-17(21)19(23-13-22-18)25-11-9-15(10-12-25)20(26)27-4-2/h5-8,13,15H,3-4,9-12,21H2,1-2H3,(H,22,23,24). The Balaban J connectivity index is 1.69. The number of rotatable bonds is 6. The van der Waals surface area contributed by atoms with Crippen molar-refractivity contribution in [1.29, 1.82) is 0 Å². The smallest absolute Gasteiger partial charge is 0.309 e. The number of anilines is 4. The predicted molar refractivity (Wildman–Crippen MR) is 107 cm³/mol. The number of carbonyl (C=O) groups is 1. The van der Waals surface area contributed by atoms with Crippen LogP contribution in [-0.2, 0) is 16.0 Å². The van der Waals surface area contributed by atoms with Crippen molar-refractivity contribution in [3.8, 4) is 0 Å². The van der Waals surface area contributed by atoms with Crippen LogP contribution in [0.2, 0.25) is 0 Å². The van der Waals surface area contributed by atoms with Gasteiger partial charge < -0.3 is 20.7 Å². The van der Waals surface area contributed by atoms with Gasteiger partial charge >= 0.3 is 5.97 Å². The van der Waals surface area contributed by atoms with Crippen molar-refractivity contribution in [3.63, 3.8) is 0 Å². The summed E-state index contributed by atoms with van der Waals surface area (Å²) >= 11 is 0. The highest BCUT2D eigenvalue weighted by molar-refractivity contribution is 5.79. The number of nitrogens with two attached hydrogens (primary N) is 1. The van der Waals surface area contributed by atoms with Crippen LogP contribution in [0.5, 0.6) is 0 Å². The third kappa shape index (κ3) is 4.48. The van der Waals surface area contributed by atoms with Crippen molar-refractivity contribution < 1.29 is 9.53 Å². The van der Waals surface area contributed by atoms with Gasteiger partial charge in [-0.2, -0.15) is 0 Å². The van der Waals surface area contributed by atoms with Crippen LogP contribution < -0.4 is 16.0 Å². The maximum atomic E-state index is 11.9. The number of nitrogens with zero attached hydrogens (tertiary/aromatic N) is 3. The molecule has 2 heterocycles. The van der Waals surface area contributed by atoms with Crippen LogP contribution >= 0.6 is 0 Å². The molecule has 1 saturated heterocycles. The summed E-state index contributed by atoms with van der Waals surface area (Å²) in [6.07, 6.45) is 4.00. The SMILES string of the molecule is CCOC(=O)C1CCN(c2ncnc(Nc3ccc(CC)cc3)c2N)CC1. The van der Waals surface area contributed by atoms with Gasteiger partial charge in [0.2, 0.25) is 0 Å². The van der Waals surface area contributed by atoms with Gasteiger partial charge in [-0.1, -0.05) is 19.1 Å². The Morgan fingerprint density at radius 3 is 2.56 bits per heavy atom. The van der Waals surface area contributed by atoms with E-state index in [1.807, 2.05) is 19.1 Å². The molecule has 1 aromatic heterocycles. The molecule has 27 heavy (non-hydrogen) atoms. The first-order chi connectivity index (χ1) is 13.1. The van der Waals surface area contributed by atoms with Gasteiger partial charge in [0, 0.05) is 18.8 Å². The van der Waals surface area contributed by atoms with Gasteiger partial charge in [-0.3, -0.25) is 4.79 Å². The summed E-state index contributed by atoms with van der Waals surface area (Å²) in [5.74, 6) is 1.15. The third-order valence-corrected chi connectivity index (χ3v) is 4.90. The van der Waals surface area contributed by atoms with Crippen LogP contribution in [-0.4, -0.2) is 35.6 Å². The Kier molecular flexibility index (Phi) is 6.11. The largest absolute Gasteiger partial charge is 0.466 e. The summed E-state index contributed by atoms with van der Waals surface area (Å²) < 4.78 is 5.13. The monoisotopic (exact) mass is 369 g/mol. The molecule has 7 nitrogen and oxygen atoms in total. The molecule has 0 radical (unpaired) electrons. The van der Waals surface area contributed by atoms with Gasteiger partial charge in [0.05, 0.1) is 12.5 Å². The summed E-state index contributed by atoms with van der Waals surface area (Å²) in [5, 5.41) is 3.27. The quantitative estimate of drug-likeness (QED) is 0.756. The van der Waals surface area contributed by atoms with Crippen LogP contribution in [0.3, 0.4) is 0 Å². The van der Waals surface area contributed by atoms with Gasteiger partial charge in [0.15, 0.2) is 11.6 Å². The molecular formula is C20H27N5O2. The lowest BCUT2D eigenvalue weighted by atomic mass is 9.97. The average Bonchev–Trinajstić information content (AvgIpc) is 2.70. The summed E-state index contributed by atoms with van der Waals surface area (Å²) in [6.45, 7) is 5.82. The number of aryl methyl sites for hydroxylation is 1. The molecule has 0 atom stereocenters. The summed E-state index contributed by atoms with van der Waals surface area (Å²) in [6, 6.07) is 8.21. The fraction of sp³-hybridized carbons (Fsp3) is 0.450. The predicted octanol–water partition coefficient (Wildman–Crippen LogP) is 3.14. The number of hydrogen-bond acceptors (Lipinski definition) is 7. The van der Waals surface area contributed by atoms with E-state index in [1.54, 1.807) is 0 Å². The molecule has 0 aliphatic carbocycles. The maximum absolute atomic E-state index is 11.9. The molecular weight excluding hydrogens is 342 g/mol. The summed E-state index contributed by atoms with van der Waals surface area (Å²) in [5.41, 5.74) is 9.07. The van der Waals surface area contributed by atoms with Crippen molar-refractivity contribution in [2.75, 3.05) is 35.6 Å². The molecule has 1 aromatic carbocycles. The normalized spacial score (nSPS) is 14.8. The fourth-order valence-corrected chi connectivity index (χ4v) is 3.29. The number of esters is 1. The van der Waals surface area contributed by atoms with E-state index in [0.717, 1.165) is 38.0 Å². The summed E-state index contributed by atoms with van der Waals surface area (Å²) in [7, 11) is 0. The number of aromatic nitrogens is 2. The molecule has 7 heteroatoms. The number of nitrogen functional groups attached to an aromatic ring is 1. The molecule has 1 aliphatic heterocycles. The van der Waals surface area contributed by atoms with E-state index in [1.165, 1.54) is 11.9 Å². The molecule has 0 amide bonds. The lowest BCUT2D eigenvalue weighted by molar-refractivity contribution is -0.148. The molecule has 0 saturated carbocycles. The second-order valence-electron chi connectivity index (χ2n) is 6.65. The van der Waals surface area contributed by atoms with Crippen molar-refractivity contribution in [1.82, 2.24) is 9.97 Å². The first-order valence-corrected chi connectivity index (χ1v) is 9.50. The van der Waals surface area contributed by atoms with Crippen molar-refractivity contribution in [2.45, 2.75) is 33.1 Å². The van der Waals surface area contributed by atoms with E-state index in [-0.39, 0.29) is 11.9 Å². The highest BCUT2D eigenvalue weighted by atomic mass is 16.5. The summed E-state index contributed by atoms with van der Waals surface area (Å²) in [4.78, 5) is 22.7. The minimum absolute atomic E-state index is 0.0427. The number of ether oxygens (including phenoxy) is 1. The minimum atomic E-state index is -0.106. The molecule has 2 aromatic rings. The first-order valence-electron chi connectivity index (χ1n) is 9.50. The number of hydrogen-bond donors (Lipinski definition) is 2. The zero-order chi connectivity index (χ0) is 19.2. The van der Waals surface area contributed by atoms with Crippen molar-refractivity contribution in [2.24, 2.45) is 5.92 Å². The number of nitrogens with one attached hydrogen (secondary N) is 1. The molecule has 3 N–H and O–H groups in total. The van der Waals surface area contributed by atoms with Crippen LogP contribution in [0, 0.1) is 5.92 Å². The van der Waals surface area contributed by atoms with E-state index in [0.29, 0.717) is 23.9 Å². The molecule has 1 fully saturated rings. The molecule has 0 unspecified atom stereocenters. The van der Waals surface area contributed by atoms with Crippen molar-refractivity contribution >= 4 is 29.0 Å². The topological polar surface area (TPSA) is 93.4 Å². The van der Waals surface area contributed by atoms with Crippen LogP contribution in [0.25, 0.3) is 0 Å². The Morgan fingerprint density at radius 2 is 1.93 bits per heavy atom. The fourth-order valence-electron chi connectivity index (χ4n) is 3.29. The van der Waals surface area contributed by atoms with Crippen LogP contribution in [0.1, 0.15) is 32.3 Å². The van der Waals surface area contributed by atoms with Crippen LogP contribution in [0.15, 0.2) is 30.6 Å². The van der Waals surface area contributed by atoms with Gasteiger partial charge in [0.25, 0.3) is 0 Å². The highest BCUT2D eigenvalue weighted by Crippen LogP contribution is 2.31. The maximum Gasteiger partial charge on any atom is 0.309 e. The number of piperidine rings is 1. The molecule has 0 spiro atoms. The Morgan fingerprint density at radius 1 is 1.22 bits per heavy atom. The van der Waals surface area contributed by atoms with E-state index < -0.39 is 0 Å². The van der Waals surface area contributed by atoms with E-state index in [4.69, 9.17) is 10.5 Å². The van der Waals surface area contributed by atoms with Gasteiger partial charge in [-0.25, -0.2) is 9.97 Å². The first kappa shape index (κ1) is 18.9. The molecule has 3 rings (SSSR count). The Labute approximate surface area is 159 Å². The third-order valence-electron chi connectivity index (χ3n) is 4.90.